The van der Waals surface area contributed by atoms with Crippen LogP contribution in [0.3, 0.4) is 0 Å². The number of anilines is 1. The highest BCUT2D eigenvalue weighted by Crippen LogP contribution is 2.20. The summed E-state index contributed by atoms with van der Waals surface area (Å²) in [5, 5.41) is 2.65. The minimum atomic E-state index is -0.530. The van der Waals surface area contributed by atoms with E-state index < -0.39 is 11.7 Å². The zero-order chi connectivity index (χ0) is 18.2. The molecule has 0 aromatic heterocycles. The number of benzene rings is 2. The van der Waals surface area contributed by atoms with Gasteiger partial charge in [-0.1, -0.05) is 0 Å². The van der Waals surface area contributed by atoms with Crippen LogP contribution in [-0.4, -0.2) is 23.5 Å². The quantitative estimate of drug-likeness (QED) is 0.563. The monoisotopic (exact) mass is 361 g/mol. The van der Waals surface area contributed by atoms with Crippen molar-refractivity contribution in [3.05, 3.63) is 59.9 Å². The minimum Gasteiger partial charge on any atom is -0.326 e. The predicted octanol–water partition coefficient (Wildman–Crippen LogP) is 2.34. The van der Waals surface area contributed by atoms with Crippen LogP contribution < -0.4 is 16.2 Å². The zero-order valence-electron chi connectivity index (χ0n) is 13.3. The van der Waals surface area contributed by atoms with Crippen LogP contribution in [0.1, 0.15) is 17.3 Å². The van der Waals surface area contributed by atoms with Crippen LogP contribution in [0, 0.1) is 5.82 Å². The van der Waals surface area contributed by atoms with Gasteiger partial charge in [0.2, 0.25) is 11.8 Å². The Morgan fingerprint density at radius 1 is 0.960 bits per heavy atom. The van der Waals surface area contributed by atoms with Gasteiger partial charge in [0.25, 0.3) is 5.91 Å². The van der Waals surface area contributed by atoms with E-state index in [-0.39, 0.29) is 23.1 Å². The molecule has 8 heteroatoms. The van der Waals surface area contributed by atoms with Gasteiger partial charge in [-0.25, -0.2) is 4.39 Å². The summed E-state index contributed by atoms with van der Waals surface area (Å²) in [6.07, 6.45) is 0. The number of hydrazine groups is 1. The molecular weight excluding hydrogens is 345 g/mol. The smallest absolute Gasteiger partial charge is 0.269 e. The van der Waals surface area contributed by atoms with Gasteiger partial charge in [0.15, 0.2) is 0 Å². The molecule has 0 heterocycles. The number of nitrogens with one attached hydrogen (secondary N) is 3. The Kier molecular flexibility index (Phi) is 6.53. The number of rotatable bonds is 5. The summed E-state index contributed by atoms with van der Waals surface area (Å²) in [4.78, 5) is 35.3. The van der Waals surface area contributed by atoms with Crippen molar-refractivity contribution >= 4 is 35.2 Å². The standard InChI is InChI=1S/C17H16FN3O3S/c1-11(22)19-14-6-8-15(9-7-14)25-10-16(23)20-21-17(24)12-2-4-13(18)5-3-12/h2-9H,10H2,1H3,(H,19,22)(H,20,23)(H,21,24). The summed E-state index contributed by atoms with van der Waals surface area (Å²) in [5.74, 6) is -1.41. The van der Waals surface area contributed by atoms with E-state index in [1.165, 1.54) is 30.8 Å². The molecule has 2 aromatic rings. The third-order valence-corrected chi connectivity index (χ3v) is 3.98. The lowest BCUT2D eigenvalue weighted by molar-refractivity contribution is -0.119. The van der Waals surface area contributed by atoms with Gasteiger partial charge in [-0.15, -0.1) is 11.8 Å². The third kappa shape index (κ3) is 6.27. The Hall–Kier alpha value is -2.87. The first-order chi connectivity index (χ1) is 11.9. The van der Waals surface area contributed by atoms with E-state index in [1.807, 2.05) is 0 Å². The molecule has 2 rings (SSSR count). The lowest BCUT2D eigenvalue weighted by Crippen LogP contribution is -2.42. The molecule has 0 aliphatic rings. The Bertz CT molecular complexity index is 764. The van der Waals surface area contributed by atoms with Crippen LogP contribution in [0.15, 0.2) is 53.4 Å². The topological polar surface area (TPSA) is 87.3 Å². The first-order valence-corrected chi connectivity index (χ1v) is 8.28. The summed E-state index contributed by atoms with van der Waals surface area (Å²) >= 11 is 1.28. The van der Waals surface area contributed by atoms with E-state index in [1.54, 1.807) is 24.3 Å². The van der Waals surface area contributed by atoms with E-state index in [9.17, 15) is 18.8 Å². The number of carbonyl (C=O) groups is 3. The zero-order valence-corrected chi connectivity index (χ0v) is 14.2. The molecule has 0 saturated carbocycles. The van der Waals surface area contributed by atoms with Gasteiger partial charge >= 0.3 is 0 Å². The van der Waals surface area contributed by atoms with E-state index in [2.05, 4.69) is 16.2 Å². The lowest BCUT2D eigenvalue weighted by Gasteiger charge is -2.08. The maximum atomic E-state index is 12.8. The lowest BCUT2D eigenvalue weighted by atomic mass is 10.2. The second-order valence-electron chi connectivity index (χ2n) is 5.00. The number of amides is 3. The maximum absolute atomic E-state index is 12.8. The van der Waals surface area contributed by atoms with E-state index in [4.69, 9.17) is 0 Å². The SMILES string of the molecule is CC(=O)Nc1ccc(SCC(=O)NNC(=O)c2ccc(F)cc2)cc1. The molecule has 3 amide bonds. The highest BCUT2D eigenvalue weighted by atomic mass is 32.2. The molecule has 0 saturated heterocycles. The van der Waals surface area contributed by atoms with E-state index >= 15 is 0 Å². The molecule has 0 aliphatic heterocycles. The van der Waals surface area contributed by atoms with Crippen molar-refractivity contribution < 1.29 is 18.8 Å². The average molecular weight is 361 g/mol. The molecule has 0 radical (unpaired) electrons. The molecule has 6 nitrogen and oxygen atoms in total. The fourth-order valence-electron chi connectivity index (χ4n) is 1.82. The Morgan fingerprint density at radius 2 is 1.60 bits per heavy atom. The first-order valence-electron chi connectivity index (χ1n) is 7.29. The minimum absolute atomic E-state index is 0.100. The van der Waals surface area contributed by atoms with Gasteiger partial charge in [-0.2, -0.15) is 0 Å². The third-order valence-electron chi connectivity index (χ3n) is 2.97. The molecule has 0 fully saturated rings. The number of halogens is 1. The summed E-state index contributed by atoms with van der Waals surface area (Å²) in [6, 6.07) is 12.0. The Morgan fingerprint density at radius 3 is 2.20 bits per heavy atom. The van der Waals surface area contributed by atoms with Crippen LogP contribution >= 0.6 is 11.8 Å². The molecule has 0 unspecified atom stereocenters. The highest BCUT2D eigenvalue weighted by molar-refractivity contribution is 8.00. The molecule has 2 aromatic carbocycles. The van der Waals surface area contributed by atoms with E-state index in [0.29, 0.717) is 5.69 Å². The summed E-state index contributed by atoms with van der Waals surface area (Å²) in [7, 11) is 0. The normalized spacial score (nSPS) is 10.0. The first kappa shape index (κ1) is 18.5. The van der Waals surface area contributed by atoms with Crippen molar-refractivity contribution in [1.82, 2.24) is 10.9 Å². The molecule has 25 heavy (non-hydrogen) atoms. The van der Waals surface area contributed by atoms with Crippen molar-refractivity contribution in [2.75, 3.05) is 11.1 Å². The highest BCUT2D eigenvalue weighted by Gasteiger charge is 2.08. The van der Waals surface area contributed by atoms with Crippen LogP contribution in [0.2, 0.25) is 0 Å². The molecule has 0 spiro atoms. The number of hydrogen-bond acceptors (Lipinski definition) is 4. The Labute approximate surface area is 148 Å². The second-order valence-corrected chi connectivity index (χ2v) is 6.05. The number of hydrogen-bond donors (Lipinski definition) is 3. The molecule has 0 aliphatic carbocycles. The Balaban J connectivity index is 1.75. The van der Waals surface area contributed by atoms with Crippen LogP contribution in [-0.2, 0) is 9.59 Å². The summed E-state index contributed by atoms with van der Waals surface area (Å²) in [5.41, 5.74) is 5.47. The van der Waals surface area contributed by atoms with Crippen molar-refractivity contribution in [3.8, 4) is 0 Å². The molecule has 0 atom stereocenters. The maximum Gasteiger partial charge on any atom is 0.269 e. The fraction of sp³-hybridized carbons (Fsp3) is 0.118. The van der Waals surface area contributed by atoms with Crippen LogP contribution in [0.4, 0.5) is 10.1 Å². The largest absolute Gasteiger partial charge is 0.326 e. The van der Waals surface area contributed by atoms with Crippen LogP contribution in [0.25, 0.3) is 0 Å². The van der Waals surface area contributed by atoms with Crippen LogP contribution in [0.5, 0.6) is 0 Å². The van der Waals surface area contributed by atoms with Gasteiger partial charge < -0.3 is 5.32 Å². The molecule has 0 bridgehead atoms. The number of carbonyl (C=O) groups excluding carboxylic acids is 3. The van der Waals surface area contributed by atoms with Gasteiger partial charge in [0, 0.05) is 23.1 Å². The fourth-order valence-corrected chi connectivity index (χ4v) is 2.52. The molecule has 130 valence electrons. The summed E-state index contributed by atoms with van der Waals surface area (Å²) in [6.45, 7) is 1.42. The van der Waals surface area contributed by atoms with Gasteiger partial charge in [0.1, 0.15) is 5.82 Å². The number of thioether (sulfide) groups is 1. The summed E-state index contributed by atoms with van der Waals surface area (Å²) < 4.78 is 12.8. The molecule has 3 N–H and O–H groups in total. The van der Waals surface area contributed by atoms with Crippen molar-refractivity contribution in [3.63, 3.8) is 0 Å². The predicted molar refractivity (Wildman–Crippen MR) is 93.5 cm³/mol. The van der Waals surface area contributed by atoms with Gasteiger partial charge in [-0.3, -0.25) is 25.2 Å². The van der Waals surface area contributed by atoms with E-state index in [0.717, 1.165) is 17.0 Å². The van der Waals surface area contributed by atoms with Gasteiger partial charge in [0.05, 0.1) is 5.75 Å². The average Bonchev–Trinajstić information content (AvgIpc) is 2.59. The van der Waals surface area contributed by atoms with Crippen molar-refractivity contribution in [1.29, 1.82) is 0 Å². The van der Waals surface area contributed by atoms with Gasteiger partial charge in [-0.05, 0) is 48.5 Å². The van der Waals surface area contributed by atoms with Crippen molar-refractivity contribution in [2.45, 2.75) is 11.8 Å². The second kappa shape index (κ2) is 8.84. The van der Waals surface area contributed by atoms with Crippen molar-refractivity contribution in [2.24, 2.45) is 0 Å². The molecular formula is C17H16FN3O3S.